The van der Waals surface area contributed by atoms with Crippen molar-refractivity contribution in [2.24, 2.45) is 0 Å². The molecule has 0 aliphatic heterocycles. The van der Waals surface area contributed by atoms with Gasteiger partial charge in [0.1, 0.15) is 5.82 Å². The van der Waals surface area contributed by atoms with Crippen LogP contribution in [0.3, 0.4) is 0 Å². The molecular weight excluding hydrogens is 271 g/mol. The molecule has 0 fully saturated rings. The number of nitrogens with two attached hydrogens (primary N) is 1. The fourth-order valence-corrected chi connectivity index (χ4v) is 1.82. The lowest BCUT2D eigenvalue weighted by Gasteiger charge is -2.08. The van der Waals surface area contributed by atoms with E-state index < -0.39 is 11.7 Å². The van der Waals surface area contributed by atoms with E-state index in [2.05, 4.69) is 5.32 Å². The van der Waals surface area contributed by atoms with E-state index in [1.807, 2.05) is 0 Å². The summed E-state index contributed by atoms with van der Waals surface area (Å²) in [6.07, 6.45) is 0. The highest BCUT2D eigenvalue weighted by Crippen LogP contribution is 2.19. The van der Waals surface area contributed by atoms with Crippen molar-refractivity contribution in [1.29, 1.82) is 0 Å². The second-order valence-corrected chi connectivity index (χ2v) is 4.76. The van der Waals surface area contributed by atoms with E-state index in [9.17, 15) is 14.0 Å². The van der Waals surface area contributed by atoms with Gasteiger partial charge in [0, 0.05) is 28.1 Å². The zero-order chi connectivity index (χ0) is 15.6. The number of rotatable bonds is 3. The molecule has 0 radical (unpaired) electrons. The maximum absolute atomic E-state index is 13.6. The van der Waals surface area contributed by atoms with Gasteiger partial charge < -0.3 is 11.1 Å². The van der Waals surface area contributed by atoms with Crippen LogP contribution < -0.4 is 11.1 Å². The molecule has 3 N–H and O–H groups in total. The Kier molecular flexibility index (Phi) is 4.03. The van der Waals surface area contributed by atoms with E-state index in [0.29, 0.717) is 16.8 Å². The smallest absolute Gasteiger partial charge is 0.255 e. The molecule has 5 heteroatoms. The van der Waals surface area contributed by atoms with Crippen LogP contribution in [0.15, 0.2) is 36.4 Å². The number of Topliss-reactive ketones (excluding diaryl/α,β-unsaturated/α-hetero) is 1. The first-order valence-electron chi connectivity index (χ1n) is 6.36. The molecule has 2 aromatic rings. The number of benzene rings is 2. The average Bonchev–Trinajstić information content (AvgIpc) is 2.44. The summed E-state index contributed by atoms with van der Waals surface area (Å²) in [6.45, 7) is 3.01. The molecule has 4 nitrogen and oxygen atoms in total. The molecule has 0 heterocycles. The lowest BCUT2D eigenvalue weighted by atomic mass is 10.1. The van der Waals surface area contributed by atoms with Gasteiger partial charge in [-0.15, -0.1) is 0 Å². The van der Waals surface area contributed by atoms with Crippen molar-refractivity contribution in [2.75, 3.05) is 11.1 Å². The summed E-state index contributed by atoms with van der Waals surface area (Å²) in [7, 11) is 0. The zero-order valence-corrected chi connectivity index (χ0v) is 11.7. The lowest BCUT2D eigenvalue weighted by Crippen LogP contribution is -2.13. The van der Waals surface area contributed by atoms with Gasteiger partial charge in [-0.25, -0.2) is 4.39 Å². The van der Waals surface area contributed by atoms with Gasteiger partial charge in [-0.1, -0.05) is 0 Å². The number of nitrogens with one attached hydrogen (secondary N) is 1. The van der Waals surface area contributed by atoms with Crippen LogP contribution in [0.2, 0.25) is 0 Å². The van der Waals surface area contributed by atoms with E-state index in [-0.39, 0.29) is 17.0 Å². The maximum atomic E-state index is 13.6. The summed E-state index contributed by atoms with van der Waals surface area (Å²) in [4.78, 5) is 23.2. The van der Waals surface area contributed by atoms with Crippen molar-refractivity contribution in [3.63, 3.8) is 0 Å². The Balaban J connectivity index is 2.20. The van der Waals surface area contributed by atoms with Gasteiger partial charge in [-0.2, -0.15) is 0 Å². The molecule has 0 aliphatic rings. The third-order valence-electron chi connectivity index (χ3n) is 3.20. The molecular formula is C16H15FN2O2. The largest absolute Gasteiger partial charge is 0.398 e. The Morgan fingerprint density at radius 2 is 1.71 bits per heavy atom. The molecule has 0 aliphatic carbocycles. The number of hydrogen-bond acceptors (Lipinski definition) is 3. The van der Waals surface area contributed by atoms with Crippen molar-refractivity contribution in [2.45, 2.75) is 13.8 Å². The highest BCUT2D eigenvalue weighted by molar-refractivity contribution is 6.05. The molecule has 0 saturated carbocycles. The molecule has 21 heavy (non-hydrogen) atoms. The van der Waals surface area contributed by atoms with Crippen molar-refractivity contribution in [3.8, 4) is 0 Å². The second-order valence-electron chi connectivity index (χ2n) is 4.76. The van der Waals surface area contributed by atoms with Crippen LogP contribution in [0.1, 0.15) is 33.2 Å². The number of carbonyl (C=O) groups excluding carboxylic acids is 2. The Morgan fingerprint density at radius 3 is 2.24 bits per heavy atom. The first-order chi connectivity index (χ1) is 9.88. The van der Waals surface area contributed by atoms with Gasteiger partial charge >= 0.3 is 0 Å². The Labute approximate surface area is 121 Å². The normalized spacial score (nSPS) is 10.2. The minimum Gasteiger partial charge on any atom is -0.398 e. The van der Waals surface area contributed by atoms with Crippen LogP contribution in [0, 0.1) is 12.7 Å². The molecule has 0 unspecified atom stereocenters. The summed E-state index contributed by atoms with van der Waals surface area (Å²) in [5.41, 5.74) is 7.41. The molecule has 0 bridgehead atoms. The maximum Gasteiger partial charge on any atom is 0.255 e. The summed E-state index contributed by atoms with van der Waals surface area (Å²) < 4.78 is 13.6. The van der Waals surface area contributed by atoms with Gasteiger partial charge in [0.05, 0.1) is 0 Å². The van der Waals surface area contributed by atoms with Gasteiger partial charge in [-0.3, -0.25) is 9.59 Å². The van der Waals surface area contributed by atoms with Crippen LogP contribution in [-0.4, -0.2) is 11.7 Å². The number of amides is 1. The van der Waals surface area contributed by atoms with E-state index in [1.165, 1.54) is 13.0 Å². The molecule has 1 amide bonds. The third-order valence-corrected chi connectivity index (χ3v) is 3.20. The first kappa shape index (κ1) is 14.7. The second kappa shape index (κ2) is 5.75. The zero-order valence-electron chi connectivity index (χ0n) is 11.7. The van der Waals surface area contributed by atoms with Gasteiger partial charge in [0.15, 0.2) is 5.78 Å². The fourth-order valence-electron chi connectivity index (χ4n) is 1.82. The van der Waals surface area contributed by atoms with Crippen LogP contribution >= 0.6 is 0 Å². The van der Waals surface area contributed by atoms with Crippen molar-refractivity contribution in [1.82, 2.24) is 0 Å². The molecule has 0 aromatic heterocycles. The molecule has 0 atom stereocenters. The topological polar surface area (TPSA) is 72.2 Å². The van der Waals surface area contributed by atoms with Crippen LogP contribution in [0.5, 0.6) is 0 Å². The highest BCUT2D eigenvalue weighted by atomic mass is 19.1. The average molecular weight is 286 g/mol. The standard InChI is InChI=1S/C16H15FN2O2/c1-9-14(17)7-12(8-15(9)18)16(21)19-13-5-3-11(4-6-13)10(2)20/h3-8H,18H2,1-2H3,(H,19,21). The van der Waals surface area contributed by atoms with Crippen LogP contribution in [-0.2, 0) is 0 Å². The molecule has 2 aromatic carbocycles. The Hall–Kier alpha value is -2.69. The van der Waals surface area contributed by atoms with Crippen molar-refractivity contribution in [3.05, 3.63) is 58.9 Å². The van der Waals surface area contributed by atoms with E-state index in [1.54, 1.807) is 31.2 Å². The number of nitrogen functional groups attached to an aromatic ring is 1. The minimum absolute atomic E-state index is 0.0544. The van der Waals surface area contributed by atoms with Crippen LogP contribution in [0.25, 0.3) is 0 Å². The Morgan fingerprint density at radius 1 is 1.10 bits per heavy atom. The van der Waals surface area contributed by atoms with E-state index in [0.717, 1.165) is 6.07 Å². The number of hydrogen-bond donors (Lipinski definition) is 2. The summed E-state index contributed by atoms with van der Waals surface area (Å²) in [5, 5.41) is 2.63. The predicted octanol–water partition coefficient (Wildman–Crippen LogP) is 3.17. The van der Waals surface area contributed by atoms with E-state index >= 15 is 0 Å². The summed E-state index contributed by atoms with van der Waals surface area (Å²) in [5.74, 6) is -1.04. The lowest BCUT2D eigenvalue weighted by molar-refractivity contribution is 0.101. The van der Waals surface area contributed by atoms with Crippen molar-refractivity contribution < 1.29 is 14.0 Å². The number of halogens is 1. The highest BCUT2D eigenvalue weighted by Gasteiger charge is 2.11. The molecule has 108 valence electrons. The fraction of sp³-hybridized carbons (Fsp3) is 0.125. The minimum atomic E-state index is -0.521. The number of anilines is 2. The van der Waals surface area contributed by atoms with Crippen molar-refractivity contribution >= 4 is 23.1 Å². The summed E-state index contributed by atoms with van der Waals surface area (Å²) >= 11 is 0. The predicted molar refractivity (Wildman–Crippen MR) is 79.9 cm³/mol. The van der Waals surface area contributed by atoms with Gasteiger partial charge in [-0.05, 0) is 50.2 Å². The molecule has 2 rings (SSSR count). The number of ketones is 1. The summed E-state index contributed by atoms with van der Waals surface area (Å²) in [6, 6.07) is 9.03. The molecule has 0 saturated heterocycles. The monoisotopic (exact) mass is 286 g/mol. The SMILES string of the molecule is CC(=O)c1ccc(NC(=O)c2cc(N)c(C)c(F)c2)cc1. The van der Waals surface area contributed by atoms with Gasteiger partial charge in [0.2, 0.25) is 0 Å². The van der Waals surface area contributed by atoms with Crippen LogP contribution in [0.4, 0.5) is 15.8 Å². The van der Waals surface area contributed by atoms with E-state index in [4.69, 9.17) is 5.73 Å². The quantitative estimate of drug-likeness (QED) is 0.672. The van der Waals surface area contributed by atoms with Gasteiger partial charge in [0.25, 0.3) is 5.91 Å². The molecule has 0 spiro atoms. The first-order valence-corrected chi connectivity index (χ1v) is 6.36. The third kappa shape index (κ3) is 3.25. The number of carbonyl (C=O) groups is 2. The Bertz CT molecular complexity index is 686.